The monoisotopic (exact) mass is 405 g/mol. The number of carbonyl (C=O) groups is 3. The van der Waals surface area contributed by atoms with E-state index in [1.165, 1.54) is 0 Å². The van der Waals surface area contributed by atoms with Crippen molar-refractivity contribution < 1.29 is 23.9 Å². The fourth-order valence-electron chi connectivity index (χ4n) is 2.92. The quantitative estimate of drug-likeness (QED) is 0.647. The Morgan fingerprint density at radius 1 is 1.10 bits per heavy atom. The largest absolute Gasteiger partial charge is 0.444 e. The van der Waals surface area contributed by atoms with Crippen molar-refractivity contribution in [2.75, 3.05) is 25.1 Å². The minimum Gasteiger partial charge on any atom is -0.444 e. The van der Waals surface area contributed by atoms with Gasteiger partial charge in [0.25, 0.3) is 0 Å². The molecule has 0 aliphatic carbocycles. The van der Waals surface area contributed by atoms with Crippen LogP contribution in [0.15, 0.2) is 24.3 Å². The summed E-state index contributed by atoms with van der Waals surface area (Å²) in [6, 6.07) is 7.22. The van der Waals surface area contributed by atoms with E-state index in [-0.39, 0.29) is 18.4 Å². The molecule has 1 saturated heterocycles. The molecule has 1 fully saturated rings. The Morgan fingerprint density at radius 2 is 1.83 bits per heavy atom. The molecule has 160 valence electrons. The fraction of sp³-hybridized carbons (Fsp3) is 0.571. The summed E-state index contributed by atoms with van der Waals surface area (Å²) in [7, 11) is 0. The third-order valence-electron chi connectivity index (χ3n) is 4.31. The molecule has 0 saturated carbocycles. The lowest BCUT2D eigenvalue weighted by Crippen LogP contribution is -2.37. The lowest BCUT2D eigenvalue weighted by molar-refractivity contribution is -0.122. The van der Waals surface area contributed by atoms with Gasteiger partial charge in [-0.1, -0.05) is 12.1 Å². The number of nitrogens with one attached hydrogen (secondary N) is 3. The van der Waals surface area contributed by atoms with Crippen LogP contribution in [0.2, 0.25) is 0 Å². The van der Waals surface area contributed by atoms with Gasteiger partial charge in [-0.2, -0.15) is 0 Å². The summed E-state index contributed by atoms with van der Waals surface area (Å²) in [4.78, 5) is 35.7. The highest BCUT2D eigenvalue weighted by Crippen LogP contribution is 2.18. The summed E-state index contributed by atoms with van der Waals surface area (Å²) in [6.45, 7) is 6.90. The van der Waals surface area contributed by atoms with E-state index < -0.39 is 11.7 Å². The summed E-state index contributed by atoms with van der Waals surface area (Å²) in [6.07, 6.45) is 1.71. The van der Waals surface area contributed by atoms with Crippen LogP contribution in [0.25, 0.3) is 0 Å². The van der Waals surface area contributed by atoms with Gasteiger partial charge in [0, 0.05) is 31.9 Å². The van der Waals surface area contributed by atoms with Crippen molar-refractivity contribution >= 4 is 23.6 Å². The number of hydrogen-bond acceptors (Lipinski definition) is 5. The lowest BCUT2D eigenvalue weighted by atomic mass is 9.96. The highest BCUT2D eigenvalue weighted by molar-refractivity contribution is 5.93. The van der Waals surface area contributed by atoms with Crippen molar-refractivity contribution in [3.8, 4) is 0 Å². The SMILES string of the molecule is CC(C)(C)OC(=O)NCC(=O)Nc1cccc(CNC(=O)CC2CCOCC2)c1. The molecule has 8 nitrogen and oxygen atoms in total. The first-order chi connectivity index (χ1) is 13.7. The van der Waals surface area contributed by atoms with Crippen molar-refractivity contribution in [2.24, 2.45) is 5.92 Å². The second-order valence-corrected chi connectivity index (χ2v) is 8.14. The topological polar surface area (TPSA) is 106 Å². The van der Waals surface area contributed by atoms with E-state index in [1.807, 2.05) is 6.07 Å². The Bertz CT molecular complexity index is 709. The number of hydrogen-bond donors (Lipinski definition) is 3. The van der Waals surface area contributed by atoms with Crippen LogP contribution in [0.3, 0.4) is 0 Å². The van der Waals surface area contributed by atoms with Crippen molar-refractivity contribution in [3.05, 3.63) is 29.8 Å². The van der Waals surface area contributed by atoms with E-state index in [2.05, 4.69) is 16.0 Å². The van der Waals surface area contributed by atoms with E-state index in [0.717, 1.165) is 31.6 Å². The van der Waals surface area contributed by atoms with Gasteiger partial charge in [0.05, 0.1) is 0 Å². The highest BCUT2D eigenvalue weighted by atomic mass is 16.6. The molecule has 1 aromatic rings. The van der Waals surface area contributed by atoms with Crippen molar-refractivity contribution in [1.29, 1.82) is 0 Å². The number of amides is 3. The van der Waals surface area contributed by atoms with Gasteiger partial charge in [0.15, 0.2) is 0 Å². The minimum atomic E-state index is -0.645. The molecule has 1 aliphatic rings. The lowest BCUT2D eigenvalue weighted by Gasteiger charge is -2.21. The fourth-order valence-corrected chi connectivity index (χ4v) is 2.92. The highest BCUT2D eigenvalue weighted by Gasteiger charge is 2.18. The summed E-state index contributed by atoms with van der Waals surface area (Å²) >= 11 is 0. The van der Waals surface area contributed by atoms with Crippen LogP contribution in [0.4, 0.5) is 10.5 Å². The third-order valence-corrected chi connectivity index (χ3v) is 4.31. The Balaban J connectivity index is 1.74. The molecule has 8 heteroatoms. The van der Waals surface area contributed by atoms with Crippen molar-refractivity contribution in [1.82, 2.24) is 10.6 Å². The average molecular weight is 405 g/mol. The molecular weight excluding hydrogens is 374 g/mol. The molecule has 1 heterocycles. The van der Waals surface area contributed by atoms with Gasteiger partial charge >= 0.3 is 6.09 Å². The minimum absolute atomic E-state index is 0.0212. The number of ether oxygens (including phenoxy) is 2. The van der Waals surface area contributed by atoms with Crippen LogP contribution in [-0.2, 0) is 25.6 Å². The maximum atomic E-state index is 12.1. The third kappa shape index (κ3) is 9.43. The second kappa shape index (κ2) is 10.8. The predicted octanol–water partition coefficient (Wildman–Crippen LogP) is 2.58. The van der Waals surface area contributed by atoms with Crippen molar-refractivity contribution in [2.45, 2.75) is 52.2 Å². The van der Waals surface area contributed by atoms with E-state index in [1.54, 1.807) is 39.0 Å². The van der Waals surface area contributed by atoms with E-state index in [0.29, 0.717) is 24.6 Å². The first kappa shape index (κ1) is 22.7. The summed E-state index contributed by atoms with van der Waals surface area (Å²) in [5.74, 6) is 0.0382. The summed E-state index contributed by atoms with van der Waals surface area (Å²) in [5.41, 5.74) is 0.852. The van der Waals surface area contributed by atoms with Crippen molar-refractivity contribution in [3.63, 3.8) is 0 Å². The van der Waals surface area contributed by atoms with Gasteiger partial charge in [0.2, 0.25) is 11.8 Å². The van der Waals surface area contributed by atoms with E-state index in [9.17, 15) is 14.4 Å². The van der Waals surface area contributed by atoms with Crippen LogP contribution in [-0.4, -0.2) is 43.3 Å². The average Bonchev–Trinajstić information content (AvgIpc) is 2.65. The number of carbonyl (C=O) groups excluding carboxylic acids is 3. The van der Waals surface area contributed by atoms with Gasteiger partial charge in [-0.05, 0) is 57.2 Å². The Kier molecular flexibility index (Phi) is 8.45. The zero-order chi connectivity index (χ0) is 21.3. The van der Waals surface area contributed by atoms with E-state index in [4.69, 9.17) is 9.47 Å². The Morgan fingerprint density at radius 3 is 2.52 bits per heavy atom. The molecule has 1 aliphatic heterocycles. The molecule has 0 spiro atoms. The summed E-state index contributed by atoms with van der Waals surface area (Å²) in [5, 5.41) is 8.05. The van der Waals surface area contributed by atoms with E-state index >= 15 is 0 Å². The Hall–Kier alpha value is -2.61. The smallest absolute Gasteiger partial charge is 0.408 e. The van der Waals surface area contributed by atoms with Crippen LogP contribution in [0.1, 0.15) is 45.6 Å². The maximum absolute atomic E-state index is 12.1. The zero-order valence-corrected chi connectivity index (χ0v) is 17.4. The van der Waals surface area contributed by atoms with Crippen LogP contribution < -0.4 is 16.0 Å². The molecule has 1 aromatic carbocycles. The number of rotatable bonds is 7. The number of benzene rings is 1. The molecule has 3 N–H and O–H groups in total. The Labute approximate surface area is 171 Å². The zero-order valence-electron chi connectivity index (χ0n) is 17.4. The van der Waals surface area contributed by atoms with Crippen LogP contribution >= 0.6 is 0 Å². The molecular formula is C21H31N3O5. The van der Waals surface area contributed by atoms with Gasteiger partial charge in [-0.25, -0.2) is 4.79 Å². The molecule has 0 atom stereocenters. The first-order valence-corrected chi connectivity index (χ1v) is 9.91. The summed E-state index contributed by atoms with van der Waals surface area (Å²) < 4.78 is 10.4. The maximum Gasteiger partial charge on any atom is 0.408 e. The molecule has 2 rings (SSSR count). The number of anilines is 1. The molecule has 0 bridgehead atoms. The molecule has 0 aromatic heterocycles. The number of alkyl carbamates (subject to hydrolysis) is 1. The predicted molar refractivity (Wildman–Crippen MR) is 109 cm³/mol. The van der Waals surface area contributed by atoms with Crippen LogP contribution in [0, 0.1) is 5.92 Å². The normalized spacial score (nSPS) is 14.7. The molecule has 29 heavy (non-hydrogen) atoms. The molecule has 0 radical (unpaired) electrons. The van der Waals surface area contributed by atoms with Gasteiger partial charge in [-0.3, -0.25) is 9.59 Å². The second-order valence-electron chi connectivity index (χ2n) is 8.14. The van der Waals surface area contributed by atoms with Gasteiger partial charge < -0.3 is 25.4 Å². The van der Waals surface area contributed by atoms with Crippen LogP contribution in [0.5, 0.6) is 0 Å². The standard InChI is InChI=1S/C21H31N3O5/c1-21(2,3)29-20(27)23-14-19(26)24-17-6-4-5-16(11-17)13-22-18(25)12-15-7-9-28-10-8-15/h4-6,11,15H,7-10,12-14H2,1-3H3,(H,22,25)(H,23,27)(H,24,26). The van der Waals surface area contributed by atoms with Gasteiger partial charge in [0.1, 0.15) is 12.1 Å². The molecule has 3 amide bonds. The van der Waals surface area contributed by atoms with Gasteiger partial charge in [-0.15, -0.1) is 0 Å². The first-order valence-electron chi connectivity index (χ1n) is 9.91. The molecule has 0 unspecified atom stereocenters.